The maximum Gasteiger partial charge on any atom is 0.261 e. The minimum absolute atomic E-state index is 0.121. The smallest absolute Gasteiger partial charge is 0.261 e. The lowest BCUT2D eigenvalue weighted by Gasteiger charge is -2.14. The second-order valence-electron chi connectivity index (χ2n) is 21.5. The molecule has 5 aromatic carbocycles. The van der Waals surface area contributed by atoms with Gasteiger partial charge in [0.1, 0.15) is 0 Å². The molecule has 0 saturated carbocycles. The number of carbonyl (C=O) groups is 2. The molecule has 0 spiro atoms. The molecule has 8 bridgehead atoms. The van der Waals surface area contributed by atoms with Crippen LogP contribution in [0.3, 0.4) is 0 Å². The first-order valence-electron chi connectivity index (χ1n) is 26.5. The van der Waals surface area contributed by atoms with Crippen LogP contribution in [0.5, 0.6) is 0 Å². The van der Waals surface area contributed by atoms with Crippen LogP contribution < -0.4 is 0 Å². The summed E-state index contributed by atoms with van der Waals surface area (Å²) in [7, 11) is 2.01. The Bertz CT molecular complexity index is 4240. The number of H-pyrrole nitrogens is 2. The zero-order valence-electron chi connectivity index (χ0n) is 45.6. The zero-order chi connectivity index (χ0) is 54.4. The van der Waals surface area contributed by atoms with Gasteiger partial charge in [0.25, 0.3) is 11.8 Å². The second-order valence-corrected chi connectivity index (χ2v) is 22.4. The summed E-state index contributed by atoms with van der Waals surface area (Å²) in [6.45, 7) is 19.0. The maximum atomic E-state index is 14.5. The van der Waals surface area contributed by atoms with Gasteiger partial charge in [-0.3, -0.25) is 14.5 Å². The fraction of sp³-hybridized carbons (Fsp3) is 0.159. The molecule has 4 aromatic heterocycles. The van der Waals surface area contributed by atoms with E-state index in [0.29, 0.717) is 11.1 Å². The highest BCUT2D eigenvalue weighted by Crippen LogP contribution is 2.42. The first kappa shape index (κ1) is 50.2. The second kappa shape index (κ2) is 19.4. The average Bonchev–Trinajstić information content (AvgIpc) is 4.45. The van der Waals surface area contributed by atoms with Gasteiger partial charge in [-0.15, -0.1) is 0 Å². The molecule has 9 heteroatoms. The van der Waals surface area contributed by atoms with Crippen LogP contribution in [-0.2, 0) is 23.2 Å². The number of benzene rings is 5. The van der Waals surface area contributed by atoms with Gasteiger partial charge in [0.15, 0.2) is 0 Å². The van der Waals surface area contributed by atoms with Gasteiger partial charge in [0.2, 0.25) is 0 Å². The third-order valence-corrected chi connectivity index (χ3v) is 16.3. The Morgan fingerprint density at radius 2 is 0.974 bits per heavy atom. The van der Waals surface area contributed by atoms with Crippen LogP contribution in [-0.4, -0.2) is 41.2 Å². The number of fused-ring (bicyclic) bond motifs is 9. The minimum Gasteiger partial charge on any atom is -0.354 e. The van der Waals surface area contributed by atoms with Crippen molar-refractivity contribution in [3.63, 3.8) is 0 Å². The zero-order valence-corrected chi connectivity index (χ0v) is 47.2. The number of hydrogen-bond donors (Lipinski definition) is 2. The molecule has 3 aliphatic heterocycles. The van der Waals surface area contributed by atoms with Crippen LogP contribution in [0.4, 0.5) is 0 Å². The molecule has 78 heavy (non-hydrogen) atoms. The van der Waals surface area contributed by atoms with Crippen molar-refractivity contribution in [1.82, 2.24) is 29.4 Å². The van der Waals surface area contributed by atoms with E-state index in [-0.39, 0.29) is 18.4 Å². The number of hydrogen-bond acceptors (Lipinski definition) is 4. The van der Waals surface area contributed by atoms with Crippen molar-refractivity contribution in [2.24, 2.45) is 7.05 Å². The fourth-order valence-electron chi connectivity index (χ4n) is 12.4. The van der Waals surface area contributed by atoms with E-state index in [1.807, 2.05) is 51.2 Å². The molecule has 8 nitrogen and oxygen atoms in total. The standard InChI is InChI=1S/C69H59BrN6O2/c1-37(2)61-50(35-60-44(9)49-13-11-12-14-59(49)75(60)10)68(77)76(69(61)78)36-45-15-17-46(18-16-45)64-51-23-27-55(71-51)66(62-40(5)31-38(3)32-41(62)6)57-29-25-53(73-57)65(47-19-21-48(70)22-20-47)54-26-30-58(74-54)67(56-28-24-52(64)72-56)63-42(7)33-39(4)34-43(63)8/h11-35,71,74H,36H2,1-10H3/b50-35+,64-51?,64-52?,65-53?,65-54?,66-55?,66-57?,67-56?,67-58?. The van der Waals surface area contributed by atoms with Crippen LogP contribution in [0.15, 0.2) is 143 Å². The summed E-state index contributed by atoms with van der Waals surface area (Å²) in [5.74, 6) is -0.587. The molecule has 0 radical (unpaired) electrons. The average molecular weight is 1080 g/mol. The number of nitrogens with zero attached hydrogens (tertiary/aromatic N) is 4. The normalized spacial score (nSPS) is 13.8. The molecule has 7 heterocycles. The number of halogens is 1. The van der Waals surface area contributed by atoms with Crippen LogP contribution in [0.25, 0.3) is 108 Å². The number of allylic oxidation sites excluding steroid dienone is 1. The molecule has 0 aliphatic carbocycles. The van der Waals surface area contributed by atoms with Crippen LogP contribution in [0, 0.1) is 48.5 Å². The predicted octanol–water partition coefficient (Wildman–Crippen LogP) is 17.0. The van der Waals surface area contributed by atoms with Gasteiger partial charge < -0.3 is 14.5 Å². The molecule has 0 unspecified atom stereocenters. The Morgan fingerprint density at radius 3 is 1.44 bits per heavy atom. The van der Waals surface area contributed by atoms with Crippen LogP contribution in [0.1, 0.15) is 86.8 Å². The van der Waals surface area contributed by atoms with Gasteiger partial charge >= 0.3 is 0 Å². The molecule has 9 aromatic rings. The van der Waals surface area contributed by atoms with Gasteiger partial charge in [-0.2, -0.15) is 0 Å². The van der Waals surface area contributed by atoms with Gasteiger partial charge in [0, 0.05) is 72.4 Å². The quantitative estimate of drug-likeness (QED) is 0.123. The van der Waals surface area contributed by atoms with Crippen molar-refractivity contribution >= 4 is 91.1 Å². The molecular weight excluding hydrogens is 1020 g/mol. The Kier molecular flexibility index (Phi) is 12.5. The molecule has 1 saturated heterocycles. The van der Waals surface area contributed by atoms with E-state index in [4.69, 9.17) is 9.97 Å². The van der Waals surface area contributed by atoms with Crippen molar-refractivity contribution in [2.75, 3.05) is 0 Å². The SMILES string of the molecule is CC(C)=C1C(=O)N(Cc2ccc(-c3c4nc(c(-c5c(C)cc(C)cc5C)c5ccc([nH]5)c(-c5ccc(Br)cc5)c5nc(c(-c6c(C)cc(C)cc6C)c6ccc3[nH]6)C=C5)C=C4)cc2)C(=O)/C1=C/c1c(C)c2ccccc2n1C. The summed E-state index contributed by atoms with van der Waals surface area (Å²) in [4.78, 5) is 49.2. The Balaban J connectivity index is 1.07. The lowest BCUT2D eigenvalue weighted by Crippen LogP contribution is -2.29. The lowest BCUT2D eigenvalue weighted by molar-refractivity contribution is -0.137. The number of para-hydroxylation sites is 1. The highest BCUT2D eigenvalue weighted by Gasteiger charge is 2.40. The molecule has 2 N–H and O–H groups in total. The monoisotopic (exact) mass is 1080 g/mol. The van der Waals surface area contributed by atoms with Gasteiger partial charge in [-0.1, -0.05) is 111 Å². The number of aromatic amines is 2. The van der Waals surface area contributed by atoms with E-state index < -0.39 is 0 Å². The lowest BCUT2D eigenvalue weighted by atomic mass is 9.92. The van der Waals surface area contributed by atoms with Crippen molar-refractivity contribution in [1.29, 1.82) is 0 Å². The molecular formula is C69H59BrN6O2. The van der Waals surface area contributed by atoms with Crippen LogP contribution in [0.2, 0.25) is 0 Å². The molecule has 0 atom stereocenters. The molecule has 2 amide bonds. The molecule has 12 rings (SSSR count). The number of imide groups is 1. The first-order valence-corrected chi connectivity index (χ1v) is 27.3. The van der Waals surface area contributed by atoms with E-state index >= 15 is 0 Å². The van der Waals surface area contributed by atoms with Crippen molar-refractivity contribution in [3.8, 4) is 44.5 Å². The number of rotatable bonds is 7. The summed E-state index contributed by atoms with van der Waals surface area (Å²) in [6, 6.07) is 42.5. The maximum absolute atomic E-state index is 14.5. The fourth-order valence-corrected chi connectivity index (χ4v) is 12.6. The number of likely N-dealkylation sites (tertiary alicyclic amines) is 1. The summed E-state index contributed by atoms with van der Waals surface area (Å²) in [6.07, 6.45) is 10.4. The Hall–Kier alpha value is -8.66. The summed E-state index contributed by atoms with van der Waals surface area (Å²) in [5, 5.41) is 1.12. The minimum atomic E-state index is -0.301. The third kappa shape index (κ3) is 8.54. The van der Waals surface area contributed by atoms with Crippen LogP contribution >= 0.6 is 15.9 Å². The number of amides is 2. The predicted molar refractivity (Wildman–Crippen MR) is 326 cm³/mol. The number of aromatic nitrogens is 5. The van der Waals surface area contributed by atoms with E-state index in [1.54, 1.807) is 0 Å². The van der Waals surface area contributed by atoms with E-state index in [0.717, 1.165) is 149 Å². The number of aryl methyl sites for hydroxylation is 8. The summed E-state index contributed by atoms with van der Waals surface area (Å²) >= 11 is 3.68. The molecule has 384 valence electrons. The van der Waals surface area contributed by atoms with Crippen molar-refractivity contribution < 1.29 is 9.59 Å². The Labute approximate surface area is 463 Å². The van der Waals surface area contributed by atoms with E-state index in [9.17, 15) is 9.59 Å². The number of carbonyl (C=O) groups excluding carboxylic acids is 2. The van der Waals surface area contributed by atoms with Gasteiger partial charge in [-0.05, 0) is 191 Å². The largest absolute Gasteiger partial charge is 0.354 e. The van der Waals surface area contributed by atoms with E-state index in [2.05, 4.69) is 200 Å². The Morgan fingerprint density at radius 1 is 0.538 bits per heavy atom. The number of nitrogens with one attached hydrogen (secondary N) is 2. The highest BCUT2D eigenvalue weighted by molar-refractivity contribution is 9.10. The molecule has 3 aliphatic rings. The van der Waals surface area contributed by atoms with Crippen molar-refractivity contribution in [3.05, 3.63) is 215 Å². The topological polar surface area (TPSA) is 99.7 Å². The molecule has 1 fully saturated rings. The summed E-state index contributed by atoms with van der Waals surface area (Å²) < 4.78 is 3.10. The summed E-state index contributed by atoms with van der Waals surface area (Å²) in [5.41, 5.74) is 27.7. The first-order chi connectivity index (χ1) is 37.5. The van der Waals surface area contributed by atoms with E-state index in [1.165, 1.54) is 16.0 Å². The highest BCUT2D eigenvalue weighted by atomic mass is 79.9. The van der Waals surface area contributed by atoms with Gasteiger partial charge in [0.05, 0.1) is 40.5 Å². The van der Waals surface area contributed by atoms with Crippen molar-refractivity contribution in [2.45, 2.75) is 68.9 Å². The van der Waals surface area contributed by atoms with Gasteiger partial charge in [-0.25, -0.2) is 9.97 Å². The third-order valence-electron chi connectivity index (χ3n) is 15.7.